The molecule has 0 radical (unpaired) electrons. The Labute approximate surface area is 103 Å². The molecule has 1 rings (SSSR count). The van der Waals surface area contributed by atoms with Gasteiger partial charge in [-0.2, -0.15) is 5.26 Å². The van der Waals surface area contributed by atoms with E-state index < -0.39 is 15.3 Å². The lowest BCUT2D eigenvalue weighted by Gasteiger charge is -2.11. The van der Waals surface area contributed by atoms with Crippen molar-refractivity contribution < 1.29 is 8.42 Å². The second-order valence-corrected chi connectivity index (χ2v) is 5.63. The monoisotopic (exact) mass is 303 g/mol. The molecule has 0 aromatic carbocycles. The van der Waals surface area contributed by atoms with E-state index in [4.69, 9.17) is 5.26 Å². The van der Waals surface area contributed by atoms with Gasteiger partial charge in [-0.1, -0.05) is 6.92 Å². The normalized spacial score (nSPS) is 12.8. The van der Waals surface area contributed by atoms with E-state index in [0.29, 0.717) is 10.3 Å². The summed E-state index contributed by atoms with van der Waals surface area (Å²) >= 11 is 3.12. The highest BCUT2D eigenvalue weighted by Gasteiger charge is 2.23. The minimum atomic E-state index is -3.68. The molecule has 0 aliphatic carbocycles. The molecule has 1 N–H and O–H groups in total. The molecule has 5 nitrogen and oxygen atoms in total. The van der Waals surface area contributed by atoms with Gasteiger partial charge in [0, 0.05) is 6.20 Å². The molecule has 0 amide bonds. The van der Waals surface area contributed by atoms with Crippen molar-refractivity contribution in [2.24, 2.45) is 0 Å². The van der Waals surface area contributed by atoms with Gasteiger partial charge in [-0.05, 0) is 34.5 Å². The number of anilines is 1. The van der Waals surface area contributed by atoms with Crippen LogP contribution in [0.2, 0.25) is 0 Å². The molecule has 0 aliphatic heterocycles. The van der Waals surface area contributed by atoms with Crippen LogP contribution in [0.15, 0.2) is 22.9 Å². The van der Waals surface area contributed by atoms with Crippen molar-refractivity contribution in [3.05, 3.63) is 22.9 Å². The summed E-state index contributed by atoms with van der Waals surface area (Å²) in [4.78, 5) is 3.88. The molecule has 1 unspecified atom stereocenters. The fraction of sp³-hybridized carbons (Fsp3) is 0.333. The van der Waals surface area contributed by atoms with Gasteiger partial charge in [0.05, 0.1) is 11.8 Å². The smallest absolute Gasteiger partial charge is 0.249 e. The van der Waals surface area contributed by atoms with E-state index in [1.165, 1.54) is 6.20 Å². The van der Waals surface area contributed by atoms with Gasteiger partial charge >= 0.3 is 0 Å². The van der Waals surface area contributed by atoms with Crippen LogP contribution in [0.5, 0.6) is 0 Å². The number of aromatic nitrogens is 1. The third-order valence-corrected chi connectivity index (χ3v) is 4.22. The third kappa shape index (κ3) is 2.93. The van der Waals surface area contributed by atoms with Crippen molar-refractivity contribution in [3.8, 4) is 6.07 Å². The molecule has 7 heteroatoms. The van der Waals surface area contributed by atoms with Gasteiger partial charge < -0.3 is 0 Å². The molecule has 1 heterocycles. The summed E-state index contributed by atoms with van der Waals surface area (Å²) in [6, 6.07) is 4.92. The second kappa shape index (κ2) is 5.27. The van der Waals surface area contributed by atoms with Crippen LogP contribution in [0.4, 0.5) is 5.69 Å². The lowest BCUT2D eigenvalue weighted by molar-refractivity contribution is 0.593. The maximum Gasteiger partial charge on any atom is 0.249 e. The van der Waals surface area contributed by atoms with Crippen molar-refractivity contribution in [3.63, 3.8) is 0 Å². The lowest BCUT2D eigenvalue weighted by Crippen LogP contribution is -2.26. The Balaban J connectivity index is 2.99. The average Bonchev–Trinajstić information content (AvgIpc) is 2.22. The molecule has 1 aromatic rings. The first-order chi connectivity index (χ1) is 7.51. The number of halogens is 1. The number of sulfonamides is 1. The summed E-state index contributed by atoms with van der Waals surface area (Å²) in [6.07, 6.45) is 1.77. The van der Waals surface area contributed by atoms with Crippen LogP contribution in [-0.4, -0.2) is 18.7 Å². The van der Waals surface area contributed by atoms with Gasteiger partial charge in [0.25, 0.3) is 0 Å². The number of rotatable bonds is 4. The molecule has 1 atom stereocenters. The van der Waals surface area contributed by atoms with Gasteiger partial charge in [0.1, 0.15) is 4.60 Å². The fourth-order valence-corrected chi connectivity index (χ4v) is 2.74. The highest BCUT2D eigenvalue weighted by Crippen LogP contribution is 2.21. The van der Waals surface area contributed by atoms with Crippen molar-refractivity contribution >= 4 is 31.6 Å². The minimum Gasteiger partial charge on any atom is -0.280 e. The van der Waals surface area contributed by atoms with Crippen molar-refractivity contribution in [2.75, 3.05) is 4.72 Å². The Morgan fingerprint density at radius 3 is 2.88 bits per heavy atom. The molecule has 0 fully saturated rings. The first-order valence-electron chi connectivity index (χ1n) is 4.53. The van der Waals surface area contributed by atoms with Crippen LogP contribution in [0.25, 0.3) is 0 Å². The summed E-state index contributed by atoms with van der Waals surface area (Å²) in [5.41, 5.74) is 0.330. The molecule has 0 bridgehead atoms. The van der Waals surface area contributed by atoms with E-state index >= 15 is 0 Å². The summed E-state index contributed by atoms with van der Waals surface area (Å²) < 4.78 is 26.2. The summed E-state index contributed by atoms with van der Waals surface area (Å²) in [6.45, 7) is 1.64. The first kappa shape index (κ1) is 12.9. The van der Waals surface area contributed by atoms with Crippen LogP contribution in [-0.2, 0) is 10.0 Å². The molecular formula is C9H10BrN3O2S. The van der Waals surface area contributed by atoms with E-state index in [9.17, 15) is 8.42 Å². The molecule has 0 aliphatic rings. The van der Waals surface area contributed by atoms with E-state index in [-0.39, 0.29) is 6.42 Å². The lowest BCUT2D eigenvalue weighted by atomic mass is 10.4. The average molecular weight is 304 g/mol. The van der Waals surface area contributed by atoms with Gasteiger partial charge in [-0.25, -0.2) is 13.4 Å². The van der Waals surface area contributed by atoms with Crippen LogP contribution in [0.1, 0.15) is 13.3 Å². The molecule has 16 heavy (non-hydrogen) atoms. The number of pyridine rings is 1. The van der Waals surface area contributed by atoms with Crippen molar-refractivity contribution in [1.29, 1.82) is 5.26 Å². The predicted octanol–water partition coefficient (Wildman–Crippen LogP) is 1.89. The minimum absolute atomic E-state index is 0.240. The Hall–Kier alpha value is -1.13. The molecule has 0 saturated carbocycles. The number of nitrogens with one attached hydrogen (secondary N) is 1. The van der Waals surface area contributed by atoms with Gasteiger partial charge in [0.15, 0.2) is 5.25 Å². The van der Waals surface area contributed by atoms with Crippen molar-refractivity contribution in [2.45, 2.75) is 18.6 Å². The van der Waals surface area contributed by atoms with Crippen LogP contribution >= 0.6 is 15.9 Å². The summed E-state index contributed by atoms with van der Waals surface area (Å²) in [5.74, 6) is 0. The van der Waals surface area contributed by atoms with Crippen LogP contribution < -0.4 is 4.72 Å². The molecule has 0 saturated heterocycles. The zero-order valence-electron chi connectivity index (χ0n) is 8.51. The summed E-state index contributed by atoms with van der Waals surface area (Å²) in [5, 5.41) is 7.66. The maximum absolute atomic E-state index is 11.7. The van der Waals surface area contributed by atoms with Gasteiger partial charge in [-0.15, -0.1) is 0 Å². The van der Waals surface area contributed by atoms with Gasteiger partial charge in [-0.3, -0.25) is 4.72 Å². The Morgan fingerprint density at radius 2 is 2.38 bits per heavy atom. The highest BCUT2D eigenvalue weighted by molar-refractivity contribution is 9.10. The zero-order chi connectivity index (χ0) is 12.2. The Bertz CT molecular complexity index is 510. The SMILES string of the molecule is CCC(C#N)S(=O)(=O)Nc1cccnc1Br. The van der Waals surface area contributed by atoms with Gasteiger partial charge in [0.2, 0.25) is 10.0 Å². The largest absolute Gasteiger partial charge is 0.280 e. The highest BCUT2D eigenvalue weighted by atomic mass is 79.9. The standard InChI is InChI=1S/C9H10BrN3O2S/c1-2-7(6-11)16(14,15)13-8-4-3-5-12-9(8)10/h3-5,7,13H,2H2,1H3. The van der Waals surface area contributed by atoms with E-state index in [1.54, 1.807) is 25.1 Å². The van der Waals surface area contributed by atoms with E-state index in [0.717, 1.165) is 0 Å². The van der Waals surface area contributed by atoms with E-state index in [2.05, 4.69) is 25.6 Å². The molecule has 86 valence electrons. The quantitative estimate of drug-likeness (QED) is 0.861. The maximum atomic E-state index is 11.7. The fourth-order valence-electron chi connectivity index (χ4n) is 1.07. The number of hydrogen-bond acceptors (Lipinski definition) is 4. The number of nitrogens with zero attached hydrogens (tertiary/aromatic N) is 2. The summed E-state index contributed by atoms with van der Waals surface area (Å²) in [7, 11) is -3.68. The Morgan fingerprint density at radius 1 is 1.69 bits per heavy atom. The number of nitriles is 1. The first-order valence-corrected chi connectivity index (χ1v) is 6.87. The van der Waals surface area contributed by atoms with E-state index in [1.807, 2.05) is 0 Å². The Kier molecular flexibility index (Phi) is 4.26. The molecule has 0 spiro atoms. The second-order valence-electron chi connectivity index (χ2n) is 3.01. The number of hydrogen-bond donors (Lipinski definition) is 1. The zero-order valence-corrected chi connectivity index (χ0v) is 10.9. The van der Waals surface area contributed by atoms with Crippen molar-refractivity contribution in [1.82, 2.24) is 4.98 Å². The van der Waals surface area contributed by atoms with Crippen LogP contribution in [0.3, 0.4) is 0 Å². The third-order valence-electron chi connectivity index (χ3n) is 1.90. The molecule has 1 aromatic heterocycles. The molecular weight excluding hydrogens is 294 g/mol. The van der Waals surface area contributed by atoms with Crippen LogP contribution in [0, 0.1) is 11.3 Å². The predicted molar refractivity (Wildman–Crippen MR) is 64.2 cm³/mol. The topological polar surface area (TPSA) is 82.8 Å².